The summed E-state index contributed by atoms with van der Waals surface area (Å²) >= 11 is 0. The van der Waals surface area contributed by atoms with E-state index in [1.54, 1.807) is 11.0 Å². The van der Waals surface area contributed by atoms with Crippen LogP contribution in [0, 0.1) is 11.7 Å². The van der Waals surface area contributed by atoms with E-state index in [-0.39, 0.29) is 29.6 Å². The summed E-state index contributed by atoms with van der Waals surface area (Å²) in [5.74, 6) is -0.660. The molecule has 3 unspecified atom stereocenters. The Morgan fingerprint density at radius 1 is 1.14 bits per heavy atom. The smallest absolute Gasteiger partial charge is 0.226 e. The number of benzene rings is 2. The highest BCUT2D eigenvalue weighted by molar-refractivity contribution is 7.88. The largest absolute Gasteiger partial charge is 0.341 e. The van der Waals surface area contributed by atoms with Crippen LogP contribution in [0.1, 0.15) is 24.3 Å². The van der Waals surface area contributed by atoms with Crippen molar-refractivity contribution in [1.82, 2.24) is 9.62 Å². The van der Waals surface area contributed by atoms with Gasteiger partial charge in [0.2, 0.25) is 15.9 Å². The Labute approximate surface area is 164 Å². The van der Waals surface area contributed by atoms with Gasteiger partial charge in [-0.3, -0.25) is 4.79 Å². The van der Waals surface area contributed by atoms with Gasteiger partial charge in [-0.1, -0.05) is 42.5 Å². The molecule has 148 valence electrons. The molecule has 7 heteroatoms. The first kappa shape index (κ1) is 19.1. The van der Waals surface area contributed by atoms with Crippen molar-refractivity contribution in [2.24, 2.45) is 5.92 Å². The van der Waals surface area contributed by atoms with Gasteiger partial charge in [-0.2, -0.15) is 0 Å². The number of halogens is 1. The molecule has 28 heavy (non-hydrogen) atoms. The average molecular weight is 402 g/mol. The normalized spacial score (nSPS) is 24.4. The number of nitrogens with zero attached hydrogens (tertiary/aromatic N) is 1. The quantitative estimate of drug-likeness (QED) is 0.836. The van der Waals surface area contributed by atoms with Gasteiger partial charge >= 0.3 is 0 Å². The summed E-state index contributed by atoms with van der Waals surface area (Å²) in [6.07, 6.45) is 2.35. The second-order valence-corrected chi connectivity index (χ2v) is 9.46. The van der Waals surface area contributed by atoms with E-state index >= 15 is 0 Å². The first-order chi connectivity index (χ1) is 13.3. The molecule has 0 spiro atoms. The molecule has 2 fully saturated rings. The zero-order valence-corrected chi connectivity index (χ0v) is 16.5. The minimum Gasteiger partial charge on any atom is -0.341 e. The number of carbonyl (C=O) groups excluding carboxylic acids is 1. The number of likely N-dealkylation sites (tertiary alicyclic amines) is 1. The maximum atomic E-state index is 14.7. The number of carbonyl (C=O) groups is 1. The second kappa shape index (κ2) is 7.29. The summed E-state index contributed by atoms with van der Waals surface area (Å²) in [7, 11) is -3.29. The van der Waals surface area contributed by atoms with Gasteiger partial charge in [0.1, 0.15) is 5.82 Å². The first-order valence-corrected chi connectivity index (χ1v) is 11.3. The molecular formula is C21H23FN2O3S. The molecule has 0 radical (unpaired) electrons. The molecule has 5 nitrogen and oxygen atoms in total. The number of hydrogen-bond acceptors (Lipinski definition) is 3. The summed E-state index contributed by atoms with van der Waals surface area (Å²) in [4.78, 5) is 14.6. The van der Waals surface area contributed by atoms with Crippen molar-refractivity contribution in [2.45, 2.75) is 24.8 Å². The van der Waals surface area contributed by atoms with E-state index in [4.69, 9.17) is 0 Å². The number of sulfonamides is 1. The van der Waals surface area contributed by atoms with E-state index in [2.05, 4.69) is 4.72 Å². The Hall–Kier alpha value is -2.25. The number of hydrogen-bond donors (Lipinski definition) is 1. The van der Waals surface area contributed by atoms with Gasteiger partial charge in [-0.05, 0) is 41.5 Å². The van der Waals surface area contributed by atoms with Crippen molar-refractivity contribution in [3.8, 4) is 11.1 Å². The van der Waals surface area contributed by atoms with Crippen LogP contribution in [0.25, 0.3) is 11.1 Å². The molecule has 2 aliphatic rings. The van der Waals surface area contributed by atoms with Crippen LogP contribution in [0.2, 0.25) is 0 Å². The van der Waals surface area contributed by atoms with E-state index in [0.717, 1.165) is 17.4 Å². The molecule has 2 aromatic carbocycles. The first-order valence-electron chi connectivity index (χ1n) is 9.43. The molecular weight excluding hydrogens is 379 g/mol. The van der Waals surface area contributed by atoms with Crippen molar-refractivity contribution in [1.29, 1.82) is 0 Å². The third-order valence-electron chi connectivity index (χ3n) is 5.50. The van der Waals surface area contributed by atoms with E-state index < -0.39 is 10.0 Å². The van der Waals surface area contributed by atoms with Crippen molar-refractivity contribution in [3.63, 3.8) is 0 Å². The standard InChI is InChI=1S/C21H23FN2O3S/c1-28(26,27)23-15-10-11-24(13-15)21(25)18-12-17(18)20-16(8-5-9-19(20)22)14-6-3-2-4-7-14/h2-9,15,17-18,23H,10-13H2,1H3. The van der Waals surface area contributed by atoms with Crippen LogP contribution in [-0.2, 0) is 14.8 Å². The number of amides is 1. The fourth-order valence-electron chi connectivity index (χ4n) is 4.16. The van der Waals surface area contributed by atoms with Crippen LogP contribution in [-0.4, -0.2) is 44.6 Å². The molecule has 1 saturated heterocycles. The zero-order valence-electron chi connectivity index (χ0n) is 15.6. The van der Waals surface area contributed by atoms with Crippen LogP contribution in [0.3, 0.4) is 0 Å². The molecule has 4 rings (SSSR count). The Morgan fingerprint density at radius 2 is 1.89 bits per heavy atom. The minimum atomic E-state index is -3.29. The van der Waals surface area contributed by atoms with Gasteiger partial charge in [0.05, 0.1) is 6.26 Å². The Balaban J connectivity index is 1.50. The lowest BCUT2D eigenvalue weighted by Crippen LogP contribution is -2.38. The third kappa shape index (κ3) is 3.95. The molecule has 3 atom stereocenters. The molecule has 1 N–H and O–H groups in total. The van der Waals surface area contributed by atoms with Gasteiger partial charge < -0.3 is 4.90 Å². The number of nitrogens with one attached hydrogen (secondary N) is 1. The van der Waals surface area contributed by atoms with Gasteiger partial charge in [-0.25, -0.2) is 17.5 Å². The predicted octanol–water partition coefficient (Wildman–Crippen LogP) is 2.75. The van der Waals surface area contributed by atoms with Gasteiger partial charge in [0.15, 0.2) is 0 Å². The highest BCUT2D eigenvalue weighted by atomic mass is 32.2. The maximum absolute atomic E-state index is 14.7. The molecule has 1 aliphatic carbocycles. The van der Waals surface area contributed by atoms with Crippen molar-refractivity contribution >= 4 is 15.9 Å². The van der Waals surface area contributed by atoms with Crippen molar-refractivity contribution < 1.29 is 17.6 Å². The molecule has 1 amide bonds. The van der Waals surface area contributed by atoms with Crippen LogP contribution in [0.4, 0.5) is 4.39 Å². The molecule has 1 heterocycles. The average Bonchev–Trinajstić information content (AvgIpc) is 3.31. The Bertz CT molecular complexity index is 994. The molecule has 2 aromatic rings. The zero-order chi connectivity index (χ0) is 19.9. The van der Waals surface area contributed by atoms with Crippen LogP contribution in [0.5, 0.6) is 0 Å². The summed E-state index contributed by atoms with van der Waals surface area (Å²) in [5.41, 5.74) is 2.38. The van der Waals surface area contributed by atoms with Gasteiger partial charge in [0.25, 0.3) is 0 Å². The lowest BCUT2D eigenvalue weighted by molar-refractivity contribution is -0.131. The van der Waals surface area contributed by atoms with Crippen LogP contribution < -0.4 is 4.72 Å². The van der Waals surface area contributed by atoms with Crippen molar-refractivity contribution in [3.05, 3.63) is 59.9 Å². The molecule has 0 aromatic heterocycles. The van der Waals surface area contributed by atoms with Crippen LogP contribution in [0.15, 0.2) is 48.5 Å². The number of rotatable bonds is 5. The fourth-order valence-corrected chi connectivity index (χ4v) is 4.96. The Kier molecular flexibility index (Phi) is 4.97. The van der Waals surface area contributed by atoms with Gasteiger partial charge in [-0.15, -0.1) is 0 Å². The molecule has 1 aliphatic heterocycles. The second-order valence-electron chi connectivity index (χ2n) is 7.68. The van der Waals surface area contributed by atoms with Gasteiger partial charge in [0, 0.05) is 25.0 Å². The fraction of sp³-hybridized carbons (Fsp3) is 0.381. The predicted molar refractivity (Wildman–Crippen MR) is 106 cm³/mol. The molecule has 0 bridgehead atoms. The third-order valence-corrected chi connectivity index (χ3v) is 6.26. The highest BCUT2D eigenvalue weighted by Gasteiger charge is 2.48. The van der Waals surface area contributed by atoms with E-state index in [1.165, 1.54) is 6.07 Å². The topological polar surface area (TPSA) is 66.5 Å². The summed E-state index contributed by atoms with van der Waals surface area (Å²) in [6, 6.07) is 14.4. The minimum absolute atomic E-state index is 0.00920. The monoisotopic (exact) mass is 402 g/mol. The van der Waals surface area contributed by atoms with Crippen molar-refractivity contribution in [2.75, 3.05) is 19.3 Å². The van der Waals surface area contributed by atoms with E-state index in [1.807, 2.05) is 36.4 Å². The maximum Gasteiger partial charge on any atom is 0.226 e. The summed E-state index contributed by atoms with van der Waals surface area (Å²) < 4.78 is 40.1. The van der Waals surface area contributed by atoms with E-state index in [9.17, 15) is 17.6 Å². The SMILES string of the molecule is CS(=O)(=O)NC1CCN(C(=O)C2CC2c2c(F)cccc2-c2ccccc2)C1. The lowest BCUT2D eigenvalue weighted by atomic mass is 9.95. The highest BCUT2D eigenvalue weighted by Crippen LogP contribution is 2.52. The molecule has 1 saturated carbocycles. The summed E-state index contributed by atoms with van der Waals surface area (Å²) in [5, 5.41) is 0. The lowest BCUT2D eigenvalue weighted by Gasteiger charge is -2.17. The van der Waals surface area contributed by atoms with Crippen LogP contribution >= 0.6 is 0 Å². The van der Waals surface area contributed by atoms with E-state index in [0.29, 0.717) is 31.5 Å². The summed E-state index contributed by atoms with van der Waals surface area (Å²) in [6.45, 7) is 0.899. The Morgan fingerprint density at radius 3 is 2.61 bits per heavy atom.